The fourth-order valence-corrected chi connectivity index (χ4v) is 2.99. The van der Waals surface area contributed by atoms with Crippen LogP contribution in [0.2, 0.25) is 0 Å². The first-order valence-corrected chi connectivity index (χ1v) is 6.81. The Morgan fingerprint density at radius 1 is 1.22 bits per heavy atom. The first kappa shape index (κ1) is 12.0. The van der Waals surface area contributed by atoms with Crippen LogP contribution < -0.4 is 10.5 Å². The highest BCUT2D eigenvalue weighted by Gasteiger charge is 2.36. The molecule has 0 aliphatic carbocycles. The molecule has 0 radical (unpaired) electrons. The second kappa shape index (κ2) is 4.56. The summed E-state index contributed by atoms with van der Waals surface area (Å²) >= 11 is 0. The predicted molar refractivity (Wildman–Crippen MR) is 70.7 cm³/mol. The van der Waals surface area contributed by atoms with Crippen LogP contribution in [0.25, 0.3) is 0 Å². The summed E-state index contributed by atoms with van der Waals surface area (Å²) in [5, 5.41) is 0. The lowest BCUT2D eigenvalue weighted by atomic mass is 9.93. The molecule has 1 fully saturated rings. The van der Waals surface area contributed by atoms with Crippen LogP contribution in [0, 0.1) is 6.92 Å². The van der Waals surface area contributed by atoms with Gasteiger partial charge in [0.2, 0.25) is 0 Å². The molecule has 2 N–H and O–H groups in total. The maximum absolute atomic E-state index is 6.27. The van der Waals surface area contributed by atoms with Crippen molar-refractivity contribution in [2.45, 2.75) is 57.5 Å². The standard InChI is InChI=1S/C15H21NO2/c1-9-3-5-13-11(7-9)12(16)8-15(18-13)14-6-4-10(2)17-14/h3,5,7,10,12,14-15H,4,6,8,16H2,1-2H3/t10?,12-,14?,15?/m0/s1. The summed E-state index contributed by atoms with van der Waals surface area (Å²) in [6, 6.07) is 6.31. The zero-order valence-corrected chi connectivity index (χ0v) is 11.1. The van der Waals surface area contributed by atoms with Gasteiger partial charge < -0.3 is 15.2 Å². The van der Waals surface area contributed by atoms with Gasteiger partial charge in [0.15, 0.2) is 0 Å². The second-order valence-electron chi connectivity index (χ2n) is 5.60. The number of hydrogen-bond acceptors (Lipinski definition) is 3. The maximum Gasteiger partial charge on any atom is 0.127 e. The van der Waals surface area contributed by atoms with Gasteiger partial charge in [-0.1, -0.05) is 17.7 Å². The fourth-order valence-electron chi connectivity index (χ4n) is 2.99. The molecule has 2 aliphatic rings. The number of ether oxygens (including phenoxy) is 2. The Labute approximate surface area is 108 Å². The van der Waals surface area contributed by atoms with Crippen LogP contribution in [0.3, 0.4) is 0 Å². The van der Waals surface area contributed by atoms with E-state index >= 15 is 0 Å². The van der Waals surface area contributed by atoms with E-state index in [1.54, 1.807) is 0 Å². The molecule has 0 spiro atoms. The largest absolute Gasteiger partial charge is 0.487 e. The molecule has 3 nitrogen and oxygen atoms in total. The first-order chi connectivity index (χ1) is 8.63. The van der Waals surface area contributed by atoms with E-state index in [0.29, 0.717) is 6.10 Å². The van der Waals surface area contributed by atoms with Gasteiger partial charge in [0.25, 0.3) is 0 Å². The van der Waals surface area contributed by atoms with E-state index in [9.17, 15) is 0 Å². The van der Waals surface area contributed by atoms with Crippen molar-refractivity contribution in [2.75, 3.05) is 0 Å². The van der Waals surface area contributed by atoms with Crippen molar-refractivity contribution >= 4 is 0 Å². The van der Waals surface area contributed by atoms with Gasteiger partial charge in [-0.15, -0.1) is 0 Å². The van der Waals surface area contributed by atoms with Gasteiger partial charge in [-0.2, -0.15) is 0 Å². The summed E-state index contributed by atoms with van der Waals surface area (Å²) in [5.41, 5.74) is 8.64. The van der Waals surface area contributed by atoms with E-state index < -0.39 is 0 Å². The lowest BCUT2D eigenvalue weighted by molar-refractivity contribution is -0.0281. The number of rotatable bonds is 1. The second-order valence-corrected chi connectivity index (χ2v) is 5.60. The number of benzene rings is 1. The highest BCUT2D eigenvalue weighted by molar-refractivity contribution is 5.40. The number of nitrogens with two attached hydrogens (primary N) is 1. The zero-order chi connectivity index (χ0) is 12.7. The van der Waals surface area contributed by atoms with Crippen LogP contribution in [-0.4, -0.2) is 18.3 Å². The molecule has 3 heteroatoms. The number of aryl methyl sites for hydroxylation is 1. The SMILES string of the molecule is Cc1ccc2c(c1)[C@@H](N)CC(C1CCC(C)O1)O2. The Hall–Kier alpha value is -1.06. The molecular weight excluding hydrogens is 226 g/mol. The topological polar surface area (TPSA) is 44.5 Å². The third kappa shape index (κ3) is 2.13. The molecule has 3 rings (SSSR count). The van der Waals surface area contributed by atoms with Crippen molar-refractivity contribution in [1.29, 1.82) is 0 Å². The third-order valence-corrected chi connectivity index (χ3v) is 4.01. The summed E-state index contributed by atoms with van der Waals surface area (Å²) < 4.78 is 12.0. The molecule has 1 saturated heterocycles. The average Bonchev–Trinajstić information content (AvgIpc) is 2.77. The van der Waals surface area contributed by atoms with Crippen molar-refractivity contribution in [2.24, 2.45) is 5.73 Å². The monoisotopic (exact) mass is 247 g/mol. The maximum atomic E-state index is 6.27. The molecule has 4 atom stereocenters. The normalized spacial score (nSPS) is 35.1. The molecule has 1 aromatic carbocycles. The Kier molecular flexibility index (Phi) is 3.04. The van der Waals surface area contributed by atoms with Crippen molar-refractivity contribution in [1.82, 2.24) is 0 Å². The van der Waals surface area contributed by atoms with Crippen molar-refractivity contribution < 1.29 is 9.47 Å². The van der Waals surface area contributed by atoms with Gasteiger partial charge in [-0.25, -0.2) is 0 Å². The molecule has 0 bridgehead atoms. The Balaban J connectivity index is 1.81. The molecule has 98 valence electrons. The summed E-state index contributed by atoms with van der Waals surface area (Å²) in [5.74, 6) is 0.938. The minimum atomic E-state index is 0.0677. The Morgan fingerprint density at radius 2 is 2.06 bits per heavy atom. The van der Waals surface area contributed by atoms with Crippen LogP contribution in [0.5, 0.6) is 5.75 Å². The quantitative estimate of drug-likeness (QED) is 0.830. The molecule has 0 amide bonds. The molecule has 2 aliphatic heterocycles. The minimum absolute atomic E-state index is 0.0677. The molecule has 1 aromatic rings. The molecular formula is C15H21NO2. The lowest BCUT2D eigenvalue weighted by Gasteiger charge is -2.33. The fraction of sp³-hybridized carbons (Fsp3) is 0.600. The highest BCUT2D eigenvalue weighted by Crippen LogP contribution is 2.37. The van der Waals surface area contributed by atoms with E-state index in [4.69, 9.17) is 15.2 Å². The van der Waals surface area contributed by atoms with Crippen molar-refractivity contribution in [3.63, 3.8) is 0 Å². The zero-order valence-electron chi connectivity index (χ0n) is 11.1. The van der Waals surface area contributed by atoms with Gasteiger partial charge in [0, 0.05) is 18.0 Å². The molecule has 0 aromatic heterocycles. The van der Waals surface area contributed by atoms with E-state index in [2.05, 4.69) is 26.0 Å². The average molecular weight is 247 g/mol. The molecule has 18 heavy (non-hydrogen) atoms. The third-order valence-electron chi connectivity index (χ3n) is 4.01. The summed E-state index contributed by atoms with van der Waals surface area (Å²) in [6.45, 7) is 4.21. The van der Waals surface area contributed by atoms with Crippen molar-refractivity contribution in [3.05, 3.63) is 29.3 Å². The summed E-state index contributed by atoms with van der Waals surface area (Å²) in [6.07, 6.45) is 3.74. The van der Waals surface area contributed by atoms with Crippen molar-refractivity contribution in [3.8, 4) is 5.75 Å². The van der Waals surface area contributed by atoms with Crippen LogP contribution in [0.4, 0.5) is 0 Å². The van der Waals surface area contributed by atoms with E-state index in [1.165, 1.54) is 5.56 Å². The van der Waals surface area contributed by atoms with E-state index in [0.717, 1.165) is 30.6 Å². The minimum Gasteiger partial charge on any atom is -0.487 e. The number of hydrogen-bond donors (Lipinski definition) is 1. The number of fused-ring (bicyclic) bond motifs is 1. The van der Waals surface area contributed by atoms with Crippen LogP contribution >= 0.6 is 0 Å². The predicted octanol–water partition coefficient (Wildman–Crippen LogP) is 2.71. The smallest absolute Gasteiger partial charge is 0.127 e. The van der Waals surface area contributed by atoms with Gasteiger partial charge in [0.1, 0.15) is 11.9 Å². The van der Waals surface area contributed by atoms with E-state index in [-0.39, 0.29) is 18.2 Å². The first-order valence-electron chi connectivity index (χ1n) is 6.81. The van der Waals surface area contributed by atoms with Gasteiger partial charge in [0.05, 0.1) is 12.2 Å². The Bertz CT molecular complexity index is 446. The van der Waals surface area contributed by atoms with Crippen LogP contribution in [0.1, 0.15) is 43.4 Å². The Morgan fingerprint density at radius 3 is 2.78 bits per heavy atom. The van der Waals surface area contributed by atoms with Gasteiger partial charge >= 0.3 is 0 Å². The molecule has 3 unspecified atom stereocenters. The van der Waals surface area contributed by atoms with Gasteiger partial charge in [-0.05, 0) is 32.8 Å². The van der Waals surface area contributed by atoms with Crippen LogP contribution in [0.15, 0.2) is 18.2 Å². The summed E-state index contributed by atoms with van der Waals surface area (Å²) in [7, 11) is 0. The highest BCUT2D eigenvalue weighted by atomic mass is 16.6. The summed E-state index contributed by atoms with van der Waals surface area (Å²) in [4.78, 5) is 0. The van der Waals surface area contributed by atoms with E-state index in [1.807, 2.05) is 6.07 Å². The molecule has 0 saturated carbocycles. The van der Waals surface area contributed by atoms with Crippen LogP contribution in [-0.2, 0) is 4.74 Å². The molecule has 2 heterocycles. The van der Waals surface area contributed by atoms with Gasteiger partial charge in [-0.3, -0.25) is 0 Å². The lowest BCUT2D eigenvalue weighted by Crippen LogP contribution is -2.38.